The predicted molar refractivity (Wildman–Crippen MR) is 40.0 cm³/mol. The van der Waals surface area contributed by atoms with Crippen LogP contribution in [0, 0.1) is 0 Å². The fraction of sp³-hybridized carbons (Fsp3) is 1.00. The van der Waals surface area contributed by atoms with Gasteiger partial charge in [0.2, 0.25) is 0 Å². The minimum atomic E-state index is 0.897. The summed E-state index contributed by atoms with van der Waals surface area (Å²) < 4.78 is 4.91. The Hall–Kier alpha value is -0.0800. The van der Waals surface area contributed by atoms with E-state index in [4.69, 9.17) is 4.74 Å². The van der Waals surface area contributed by atoms with E-state index in [1.807, 2.05) is 0 Å². The summed E-state index contributed by atoms with van der Waals surface area (Å²) in [4.78, 5) is 2.19. The van der Waals surface area contributed by atoms with E-state index in [1.54, 1.807) is 7.11 Å². The van der Waals surface area contributed by atoms with Gasteiger partial charge in [-0.3, -0.25) is 0 Å². The van der Waals surface area contributed by atoms with Crippen LogP contribution in [0.15, 0.2) is 0 Å². The Kier molecular flexibility index (Phi) is 5.99. The molecule has 9 heavy (non-hydrogen) atoms. The van der Waals surface area contributed by atoms with E-state index in [9.17, 15) is 0 Å². The maximum Gasteiger partial charge on any atom is 0.122 e. The van der Waals surface area contributed by atoms with Gasteiger partial charge in [0.05, 0.1) is 0 Å². The molecule has 2 nitrogen and oxygen atoms in total. The lowest BCUT2D eigenvalue weighted by molar-refractivity contribution is 0.191. The third-order valence-corrected chi connectivity index (χ3v) is 1.20. The first kappa shape index (κ1) is 8.92. The highest BCUT2D eigenvalue weighted by molar-refractivity contribution is 4.47. The topological polar surface area (TPSA) is 15.1 Å². The van der Waals surface area contributed by atoms with Crippen LogP contribution in [0.1, 0.15) is 12.8 Å². The summed E-state index contributed by atoms with van der Waals surface area (Å²) in [6.45, 7) is 2.07. The monoisotopic (exact) mass is 131 g/mol. The van der Waals surface area contributed by atoms with Crippen LogP contribution < -0.4 is 4.90 Å². The van der Waals surface area contributed by atoms with Crippen molar-refractivity contribution in [2.45, 2.75) is 12.8 Å². The molecule has 0 saturated heterocycles. The molecule has 0 N–H and O–H groups in total. The maximum atomic E-state index is 4.91. The van der Waals surface area contributed by atoms with Crippen LogP contribution in [0.3, 0.4) is 0 Å². The molecular formula is C7H17NO+. The average molecular weight is 131 g/mol. The molecular weight excluding hydrogens is 114 g/mol. The zero-order valence-electron chi connectivity index (χ0n) is 6.68. The fourth-order valence-corrected chi connectivity index (χ4v) is 0.674. The van der Waals surface area contributed by atoms with Crippen molar-refractivity contribution in [2.24, 2.45) is 0 Å². The third kappa shape index (κ3) is 7.92. The summed E-state index contributed by atoms with van der Waals surface area (Å²) in [5.41, 5.74) is 0. The molecule has 0 bridgehead atoms. The Morgan fingerprint density at radius 2 is 1.89 bits per heavy atom. The van der Waals surface area contributed by atoms with Crippen molar-refractivity contribution in [1.29, 1.82) is 0 Å². The number of unbranched alkanes of at least 4 members (excludes halogenated alkanes) is 1. The van der Waals surface area contributed by atoms with Gasteiger partial charge in [0, 0.05) is 20.1 Å². The highest BCUT2D eigenvalue weighted by atomic mass is 16.5. The fourth-order valence-electron chi connectivity index (χ4n) is 0.674. The second-order valence-electron chi connectivity index (χ2n) is 2.50. The minimum Gasteiger partial charge on any atom is -0.385 e. The molecule has 0 aliphatic heterocycles. The quantitative estimate of drug-likeness (QED) is 0.398. The van der Waals surface area contributed by atoms with Gasteiger partial charge in [0.1, 0.15) is 20.6 Å². The first-order chi connectivity index (χ1) is 4.27. The van der Waals surface area contributed by atoms with Crippen molar-refractivity contribution in [2.75, 3.05) is 34.4 Å². The molecule has 0 heterocycles. The Balaban J connectivity index is 2.75. The van der Waals surface area contributed by atoms with Crippen LogP contribution in [-0.2, 0) is 4.74 Å². The molecule has 0 saturated carbocycles. The van der Waals surface area contributed by atoms with Crippen molar-refractivity contribution in [3.05, 3.63) is 0 Å². The second kappa shape index (κ2) is 6.05. The van der Waals surface area contributed by atoms with E-state index in [0.717, 1.165) is 6.61 Å². The van der Waals surface area contributed by atoms with Gasteiger partial charge < -0.3 is 4.74 Å². The molecule has 0 rings (SSSR count). The lowest BCUT2D eigenvalue weighted by Gasteiger charge is -1.99. The zero-order chi connectivity index (χ0) is 7.11. The number of methoxy groups -OCH3 is 1. The van der Waals surface area contributed by atoms with Gasteiger partial charge >= 0.3 is 0 Å². The molecule has 55 valence electrons. The van der Waals surface area contributed by atoms with Gasteiger partial charge in [0.25, 0.3) is 0 Å². The molecule has 0 atom stereocenters. The van der Waals surface area contributed by atoms with Crippen molar-refractivity contribution >= 4 is 0 Å². The zero-order valence-corrected chi connectivity index (χ0v) is 6.68. The molecule has 0 aliphatic carbocycles. The van der Waals surface area contributed by atoms with Gasteiger partial charge in [-0.25, -0.2) is 0 Å². The van der Waals surface area contributed by atoms with E-state index in [2.05, 4.69) is 19.0 Å². The van der Waals surface area contributed by atoms with E-state index in [1.165, 1.54) is 19.4 Å². The Bertz CT molecular complexity index is 54.9. The molecule has 1 radical (unpaired) electrons. The third-order valence-electron chi connectivity index (χ3n) is 1.20. The molecule has 2 heteroatoms. The SMILES string of the molecule is COCCCC[N+](C)C. The van der Waals surface area contributed by atoms with E-state index in [-0.39, 0.29) is 0 Å². The van der Waals surface area contributed by atoms with Crippen LogP contribution in [0.25, 0.3) is 0 Å². The lowest BCUT2D eigenvalue weighted by atomic mass is 10.3. The predicted octanol–water partition coefficient (Wildman–Crippen LogP) is 0.813. The van der Waals surface area contributed by atoms with Gasteiger partial charge in [-0.1, -0.05) is 0 Å². The average Bonchev–Trinajstić information content (AvgIpc) is 1.80. The molecule has 0 unspecified atom stereocenters. The van der Waals surface area contributed by atoms with Gasteiger partial charge in [-0.2, -0.15) is 4.90 Å². The summed E-state index contributed by atoms with van der Waals surface area (Å²) >= 11 is 0. The highest BCUT2D eigenvalue weighted by Gasteiger charge is 1.96. The number of hydrogen-bond acceptors (Lipinski definition) is 2. The van der Waals surface area contributed by atoms with Crippen LogP contribution in [0.2, 0.25) is 0 Å². The van der Waals surface area contributed by atoms with Gasteiger partial charge in [-0.05, 0) is 6.42 Å². The molecule has 0 amide bonds. The van der Waals surface area contributed by atoms with E-state index in [0.29, 0.717) is 0 Å². The number of hydrogen-bond donors (Lipinski definition) is 0. The van der Waals surface area contributed by atoms with Crippen LogP contribution in [0.5, 0.6) is 0 Å². The largest absolute Gasteiger partial charge is 0.385 e. The summed E-state index contributed by atoms with van der Waals surface area (Å²) in [5, 5.41) is 0. The smallest absolute Gasteiger partial charge is 0.122 e. The van der Waals surface area contributed by atoms with Crippen LogP contribution >= 0.6 is 0 Å². The van der Waals surface area contributed by atoms with Gasteiger partial charge in [0.15, 0.2) is 0 Å². The van der Waals surface area contributed by atoms with E-state index >= 15 is 0 Å². The molecule has 0 fully saturated rings. The summed E-state index contributed by atoms with van der Waals surface area (Å²) in [7, 11) is 5.93. The normalized spacial score (nSPS) is 10.7. The Morgan fingerprint density at radius 3 is 2.33 bits per heavy atom. The van der Waals surface area contributed by atoms with Crippen LogP contribution in [0.4, 0.5) is 0 Å². The van der Waals surface area contributed by atoms with Crippen LogP contribution in [-0.4, -0.2) is 34.4 Å². The first-order valence-corrected chi connectivity index (χ1v) is 3.41. The Labute approximate surface area is 57.8 Å². The highest BCUT2D eigenvalue weighted by Crippen LogP contribution is 1.88. The lowest BCUT2D eigenvalue weighted by Crippen LogP contribution is -2.19. The standard InChI is InChI=1S/C7H17NO/c1-8(2)6-4-5-7-9-3/h4-7H2,1-3H3/q+1. The van der Waals surface area contributed by atoms with Crippen molar-refractivity contribution in [1.82, 2.24) is 4.90 Å². The van der Waals surface area contributed by atoms with Crippen molar-refractivity contribution in [3.63, 3.8) is 0 Å². The van der Waals surface area contributed by atoms with E-state index < -0.39 is 0 Å². The molecule has 0 aromatic heterocycles. The summed E-state index contributed by atoms with van der Waals surface area (Å²) in [6, 6.07) is 0. The van der Waals surface area contributed by atoms with Crippen molar-refractivity contribution in [3.8, 4) is 0 Å². The van der Waals surface area contributed by atoms with Gasteiger partial charge in [-0.15, -0.1) is 0 Å². The number of nitrogens with zero attached hydrogens (tertiary/aromatic N) is 1. The first-order valence-electron chi connectivity index (χ1n) is 3.41. The minimum absolute atomic E-state index is 0.897. The Morgan fingerprint density at radius 1 is 1.22 bits per heavy atom. The number of rotatable bonds is 5. The number of ether oxygens (including phenoxy) is 1. The molecule has 0 aromatic carbocycles. The molecule has 0 spiro atoms. The molecule has 0 aliphatic rings. The second-order valence-corrected chi connectivity index (χ2v) is 2.50. The molecule has 0 aromatic rings. The van der Waals surface area contributed by atoms with Crippen molar-refractivity contribution < 1.29 is 4.74 Å². The summed E-state index contributed by atoms with van der Waals surface area (Å²) in [6.07, 6.45) is 2.41. The summed E-state index contributed by atoms with van der Waals surface area (Å²) in [5.74, 6) is 0. The maximum absolute atomic E-state index is 4.91.